The highest BCUT2D eigenvalue weighted by Gasteiger charge is 2.23. The third-order valence-corrected chi connectivity index (χ3v) is 2.49. The first-order valence-electron chi connectivity index (χ1n) is 4.20. The van der Waals surface area contributed by atoms with E-state index in [0.717, 1.165) is 0 Å². The van der Waals surface area contributed by atoms with Gasteiger partial charge in [0.1, 0.15) is 5.15 Å². The van der Waals surface area contributed by atoms with Crippen molar-refractivity contribution in [3.05, 3.63) is 29.5 Å². The fourth-order valence-corrected chi connectivity index (χ4v) is 1.50. The summed E-state index contributed by atoms with van der Waals surface area (Å²) in [6, 6.07) is 0. The number of imidazole rings is 1. The number of allylic oxidation sites excluding steroid dienone is 1. The molecule has 1 atom stereocenters. The largest absolute Gasteiger partial charge is 0.490 e. The summed E-state index contributed by atoms with van der Waals surface area (Å²) in [6.45, 7) is 0. The Morgan fingerprint density at radius 2 is 2.50 bits per heavy atom. The summed E-state index contributed by atoms with van der Waals surface area (Å²) < 4.78 is 6.99. The highest BCUT2D eigenvalue weighted by molar-refractivity contribution is 6.29. The molecule has 1 unspecified atom stereocenters. The molecule has 5 heteroatoms. The summed E-state index contributed by atoms with van der Waals surface area (Å²) in [5.74, 6) is 0.716. The van der Waals surface area contributed by atoms with Gasteiger partial charge in [-0.25, -0.2) is 4.98 Å². The Labute approximate surface area is 86.1 Å². The van der Waals surface area contributed by atoms with E-state index in [0.29, 0.717) is 17.4 Å². The van der Waals surface area contributed by atoms with E-state index in [-0.39, 0.29) is 11.9 Å². The summed E-state index contributed by atoms with van der Waals surface area (Å²) in [7, 11) is 1.79. The van der Waals surface area contributed by atoms with Crippen LogP contribution in [0.15, 0.2) is 18.5 Å². The van der Waals surface area contributed by atoms with E-state index < -0.39 is 0 Å². The third kappa shape index (κ3) is 1.53. The number of nitrogens with zero attached hydrogens (tertiary/aromatic N) is 2. The zero-order valence-corrected chi connectivity index (χ0v) is 8.36. The Morgan fingerprint density at radius 1 is 1.71 bits per heavy atom. The Bertz CT molecular complexity index is 398. The molecule has 0 saturated heterocycles. The van der Waals surface area contributed by atoms with Crippen molar-refractivity contribution in [2.24, 2.45) is 7.05 Å². The summed E-state index contributed by atoms with van der Waals surface area (Å²) in [5, 5.41) is 0.533. The molecular weight excluding hydrogens is 204 g/mol. The van der Waals surface area contributed by atoms with Crippen LogP contribution in [0.4, 0.5) is 0 Å². The molecule has 0 N–H and O–H groups in total. The van der Waals surface area contributed by atoms with Crippen LogP contribution >= 0.6 is 11.6 Å². The van der Waals surface area contributed by atoms with E-state index in [4.69, 9.17) is 16.3 Å². The van der Waals surface area contributed by atoms with Crippen LogP contribution in [0.2, 0.25) is 5.15 Å². The lowest BCUT2D eigenvalue weighted by Crippen LogP contribution is -2.15. The topological polar surface area (TPSA) is 44.1 Å². The number of halogens is 1. The number of hydrogen-bond donors (Lipinski definition) is 0. The van der Waals surface area contributed by atoms with Crippen molar-refractivity contribution in [1.82, 2.24) is 9.55 Å². The standard InChI is InChI=1S/C9H9ClN2O2/c1-12-8(10)5-11-9(12)7-4-6(13)2-3-14-7/h2-3,5,7H,4H2,1H3. The second-order valence-corrected chi connectivity index (χ2v) is 3.48. The van der Waals surface area contributed by atoms with Crippen molar-refractivity contribution in [3.8, 4) is 0 Å². The molecule has 0 amide bonds. The van der Waals surface area contributed by atoms with Crippen molar-refractivity contribution in [1.29, 1.82) is 0 Å². The van der Waals surface area contributed by atoms with Gasteiger partial charge in [0.15, 0.2) is 17.7 Å². The molecule has 1 aliphatic heterocycles. The molecule has 2 heterocycles. The first kappa shape index (κ1) is 9.27. The molecule has 74 valence electrons. The first-order chi connectivity index (χ1) is 6.68. The van der Waals surface area contributed by atoms with E-state index in [1.807, 2.05) is 0 Å². The molecule has 0 aliphatic carbocycles. The third-order valence-electron chi connectivity index (χ3n) is 2.14. The average molecular weight is 213 g/mol. The van der Waals surface area contributed by atoms with Gasteiger partial charge in [-0.1, -0.05) is 11.6 Å². The lowest BCUT2D eigenvalue weighted by atomic mass is 10.1. The quantitative estimate of drug-likeness (QED) is 0.711. The van der Waals surface area contributed by atoms with Crippen LogP contribution in [0.3, 0.4) is 0 Å². The molecule has 0 bridgehead atoms. The van der Waals surface area contributed by atoms with Gasteiger partial charge in [0.05, 0.1) is 18.9 Å². The van der Waals surface area contributed by atoms with Gasteiger partial charge in [-0.15, -0.1) is 0 Å². The monoisotopic (exact) mass is 212 g/mol. The van der Waals surface area contributed by atoms with Gasteiger partial charge >= 0.3 is 0 Å². The summed E-state index contributed by atoms with van der Waals surface area (Å²) in [5.41, 5.74) is 0. The number of ketones is 1. The molecule has 0 fully saturated rings. The number of aromatic nitrogens is 2. The number of carbonyl (C=O) groups is 1. The van der Waals surface area contributed by atoms with Crippen LogP contribution in [0.5, 0.6) is 0 Å². The molecule has 0 saturated carbocycles. The summed E-state index contributed by atoms with van der Waals surface area (Å²) >= 11 is 5.83. The highest BCUT2D eigenvalue weighted by Crippen LogP contribution is 2.25. The number of ether oxygens (including phenoxy) is 1. The van der Waals surface area contributed by atoms with Gasteiger partial charge in [0.25, 0.3) is 0 Å². The van der Waals surface area contributed by atoms with E-state index in [2.05, 4.69) is 4.98 Å². The van der Waals surface area contributed by atoms with Gasteiger partial charge in [-0.2, -0.15) is 0 Å². The first-order valence-corrected chi connectivity index (χ1v) is 4.58. The van der Waals surface area contributed by atoms with Gasteiger partial charge in [0, 0.05) is 13.1 Å². The fraction of sp³-hybridized carbons (Fsp3) is 0.333. The van der Waals surface area contributed by atoms with Gasteiger partial charge in [0.2, 0.25) is 0 Å². The minimum absolute atomic E-state index is 0.0420. The maximum Gasteiger partial charge on any atom is 0.162 e. The fourth-order valence-electron chi connectivity index (χ4n) is 1.36. The van der Waals surface area contributed by atoms with Crippen LogP contribution in [0, 0.1) is 0 Å². The van der Waals surface area contributed by atoms with E-state index in [1.165, 1.54) is 12.3 Å². The van der Waals surface area contributed by atoms with Gasteiger partial charge in [-0.3, -0.25) is 4.79 Å². The van der Waals surface area contributed by atoms with Crippen LogP contribution in [0.25, 0.3) is 0 Å². The molecule has 14 heavy (non-hydrogen) atoms. The Hall–Kier alpha value is -1.29. The Balaban J connectivity index is 2.28. The molecule has 1 aromatic rings. The minimum atomic E-state index is -0.315. The number of rotatable bonds is 1. The van der Waals surface area contributed by atoms with Crippen molar-refractivity contribution in [2.75, 3.05) is 0 Å². The van der Waals surface area contributed by atoms with Crippen LogP contribution < -0.4 is 0 Å². The smallest absolute Gasteiger partial charge is 0.162 e. The Morgan fingerprint density at radius 3 is 3.07 bits per heavy atom. The predicted octanol–water partition coefficient (Wildman–Crippen LogP) is 1.62. The maximum atomic E-state index is 11.1. The molecule has 0 radical (unpaired) electrons. The van der Waals surface area contributed by atoms with Gasteiger partial charge < -0.3 is 9.30 Å². The average Bonchev–Trinajstić information content (AvgIpc) is 2.48. The lowest BCUT2D eigenvalue weighted by molar-refractivity contribution is -0.118. The SMILES string of the molecule is Cn1c(Cl)cnc1C1CC(=O)C=CO1. The van der Waals surface area contributed by atoms with Gasteiger partial charge in [-0.05, 0) is 0 Å². The molecular formula is C9H9ClN2O2. The second-order valence-electron chi connectivity index (χ2n) is 3.10. The minimum Gasteiger partial charge on any atom is -0.490 e. The maximum absolute atomic E-state index is 11.1. The van der Waals surface area contributed by atoms with Crippen molar-refractivity contribution in [3.63, 3.8) is 0 Å². The predicted molar refractivity (Wildman–Crippen MR) is 50.8 cm³/mol. The molecule has 0 spiro atoms. The molecule has 2 rings (SSSR count). The lowest BCUT2D eigenvalue weighted by Gasteiger charge is -2.18. The highest BCUT2D eigenvalue weighted by atomic mass is 35.5. The molecule has 4 nitrogen and oxygen atoms in total. The summed E-state index contributed by atoms with van der Waals surface area (Å²) in [4.78, 5) is 15.2. The summed E-state index contributed by atoms with van der Waals surface area (Å²) in [6.07, 6.45) is 4.37. The molecule has 0 aromatic carbocycles. The van der Waals surface area contributed by atoms with E-state index in [9.17, 15) is 4.79 Å². The van der Waals surface area contributed by atoms with Crippen molar-refractivity contribution in [2.45, 2.75) is 12.5 Å². The number of carbonyl (C=O) groups excluding carboxylic acids is 1. The molecule has 1 aliphatic rings. The molecule has 1 aromatic heterocycles. The van der Waals surface area contributed by atoms with E-state index in [1.54, 1.807) is 17.8 Å². The van der Waals surface area contributed by atoms with Crippen LogP contribution in [-0.2, 0) is 16.6 Å². The van der Waals surface area contributed by atoms with Crippen LogP contribution in [-0.4, -0.2) is 15.3 Å². The second kappa shape index (κ2) is 3.46. The number of hydrogen-bond acceptors (Lipinski definition) is 3. The zero-order chi connectivity index (χ0) is 10.1. The van der Waals surface area contributed by atoms with E-state index >= 15 is 0 Å². The normalized spacial score (nSPS) is 21.0. The van der Waals surface area contributed by atoms with Crippen molar-refractivity contribution >= 4 is 17.4 Å². The van der Waals surface area contributed by atoms with Crippen LogP contribution in [0.1, 0.15) is 18.3 Å². The zero-order valence-electron chi connectivity index (χ0n) is 7.61. The Kier molecular flexibility index (Phi) is 2.29. The van der Waals surface area contributed by atoms with Crippen molar-refractivity contribution < 1.29 is 9.53 Å².